The molecule has 0 radical (unpaired) electrons. The number of amides is 1. The molecule has 2 N–H and O–H groups in total. The minimum atomic E-state index is -0.562. The summed E-state index contributed by atoms with van der Waals surface area (Å²) in [5, 5.41) is 13.4. The molecule has 0 fully saturated rings. The van der Waals surface area contributed by atoms with Crippen molar-refractivity contribution in [3.8, 4) is 0 Å². The molecule has 2 aromatic rings. The third-order valence-electron chi connectivity index (χ3n) is 2.32. The van der Waals surface area contributed by atoms with Crippen LogP contribution in [0.3, 0.4) is 0 Å². The first-order valence-corrected chi connectivity index (χ1v) is 6.52. The molecule has 0 aliphatic rings. The first-order valence-electron chi connectivity index (χ1n) is 6.52. The highest BCUT2D eigenvalue weighted by Gasteiger charge is 2.16. The molecule has 2 rings (SSSR count). The van der Waals surface area contributed by atoms with E-state index in [1.807, 2.05) is 12.1 Å². The summed E-state index contributed by atoms with van der Waals surface area (Å²) < 4.78 is 10.3. The van der Waals surface area contributed by atoms with Gasteiger partial charge in [-0.1, -0.05) is 0 Å². The standard InChI is InChI=1S/C14H18N4O3/c1-14(2,3)21-13(19)16-12-7-6-11(17-18-12)15-9-10-5-4-8-20-10/h4-8H,9H2,1-3H3,(H,15,17)(H,16,18,19). The quantitative estimate of drug-likeness (QED) is 0.899. The first kappa shape index (κ1) is 14.8. The van der Waals surface area contributed by atoms with E-state index in [1.165, 1.54) is 0 Å². The molecule has 0 aliphatic heterocycles. The largest absolute Gasteiger partial charge is 0.467 e. The van der Waals surface area contributed by atoms with Gasteiger partial charge in [-0.25, -0.2) is 4.79 Å². The van der Waals surface area contributed by atoms with Crippen LogP contribution in [0.25, 0.3) is 0 Å². The molecule has 0 saturated heterocycles. The Morgan fingerprint density at radius 1 is 1.24 bits per heavy atom. The van der Waals surface area contributed by atoms with Gasteiger partial charge in [0.05, 0.1) is 12.8 Å². The minimum absolute atomic E-state index is 0.327. The fourth-order valence-electron chi connectivity index (χ4n) is 1.49. The van der Waals surface area contributed by atoms with Gasteiger partial charge in [0.2, 0.25) is 0 Å². The lowest BCUT2D eigenvalue weighted by Gasteiger charge is -2.19. The van der Waals surface area contributed by atoms with Crippen molar-refractivity contribution in [2.24, 2.45) is 0 Å². The molecule has 0 spiro atoms. The van der Waals surface area contributed by atoms with Gasteiger partial charge in [-0.15, -0.1) is 10.2 Å². The van der Waals surface area contributed by atoms with E-state index < -0.39 is 11.7 Å². The Bertz CT molecular complexity index is 573. The minimum Gasteiger partial charge on any atom is -0.467 e. The molecule has 7 heteroatoms. The van der Waals surface area contributed by atoms with Gasteiger partial charge in [0.15, 0.2) is 5.82 Å². The first-order chi connectivity index (χ1) is 9.92. The predicted octanol–water partition coefficient (Wildman–Crippen LogP) is 3.03. The van der Waals surface area contributed by atoms with Crippen LogP contribution in [0.4, 0.5) is 16.4 Å². The van der Waals surface area contributed by atoms with Crippen LogP contribution in [0.15, 0.2) is 34.9 Å². The topological polar surface area (TPSA) is 89.3 Å². The monoisotopic (exact) mass is 290 g/mol. The third-order valence-corrected chi connectivity index (χ3v) is 2.32. The maximum Gasteiger partial charge on any atom is 0.413 e. The van der Waals surface area contributed by atoms with Crippen LogP contribution in [-0.4, -0.2) is 21.9 Å². The second-order valence-corrected chi connectivity index (χ2v) is 5.36. The average molecular weight is 290 g/mol. The zero-order valence-electron chi connectivity index (χ0n) is 12.2. The highest BCUT2D eigenvalue weighted by molar-refractivity contribution is 5.83. The zero-order valence-corrected chi connectivity index (χ0v) is 12.2. The number of ether oxygens (including phenoxy) is 1. The molecule has 2 heterocycles. The summed E-state index contributed by atoms with van der Waals surface area (Å²) in [4.78, 5) is 11.6. The van der Waals surface area contributed by atoms with E-state index in [2.05, 4.69) is 20.8 Å². The van der Waals surface area contributed by atoms with E-state index in [9.17, 15) is 4.79 Å². The van der Waals surface area contributed by atoms with Gasteiger partial charge in [0.1, 0.15) is 17.2 Å². The summed E-state index contributed by atoms with van der Waals surface area (Å²) in [5.41, 5.74) is -0.554. The fourth-order valence-corrected chi connectivity index (χ4v) is 1.49. The summed E-state index contributed by atoms with van der Waals surface area (Å²) in [5.74, 6) is 1.71. The second kappa shape index (κ2) is 6.25. The normalized spacial score (nSPS) is 11.0. The number of anilines is 2. The number of nitrogens with zero attached hydrogens (tertiary/aromatic N) is 2. The van der Waals surface area contributed by atoms with Crippen LogP contribution in [0.1, 0.15) is 26.5 Å². The summed E-state index contributed by atoms with van der Waals surface area (Å²) in [6, 6.07) is 7.03. The number of nitrogens with one attached hydrogen (secondary N) is 2. The maximum absolute atomic E-state index is 11.6. The Morgan fingerprint density at radius 2 is 1.95 bits per heavy atom. The van der Waals surface area contributed by atoms with E-state index in [0.717, 1.165) is 5.76 Å². The Morgan fingerprint density at radius 3 is 2.52 bits per heavy atom. The molecule has 0 saturated carbocycles. The van der Waals surface area contributed by atoms with Gasteiger partial charge in [0.25, 0.3) is 0 Å². The lowest BCUT2D eigenvalue weighted by Crippen LogP contribution is -2.27. The van der Waals surface area contributed by atoms with Gasteiger partial charge < -0.3 is 14.5 Å². The lowest BCUT2D eigenvalue weighted by atomic mass is 10.2. The Balaban J connectivity index is 1.85. The number of hydrogen-bond acceptors (Lipinski definition) is 6. The average Bonchev–Trinajstić information content (AvgIpc) is 2.89. The van der Waals surface area contributed by atoms with Crippen LogP contribution >= 0.6 is 0 Å². The molecule has 112 valence electrons. The molecular formula is C14H18N4O3. The fraction of sp³-hybridized carbons (Fsp3) is 0.357. The number of carbonyl (C=O) groups is 1. The number of rotatable bonds is 4. The Kier molecular flexibility index (Phi) is 4.42. The number of hydrogen-bond donors (Lipinski definition) is 2. The van der Waals surface area contributed by atoms with Gasteiger partial charge >= 0.3 is 6.09 Å². The van der Waals surface area contributed by atoms with E-state index in [4.69, 9.17) is 9.15 Å². The molecule has 0 atom stereocenters. The van der Waals surface area contributed by atoms with E-state index in [0.29, 0.717) is 18.2 Å². The van der Waals surface area contributed by atoms with Crippen molar-refractivity contribution in [1.82, 2.24) is 10.2 Å². The summed E-state index contributed by atoms with van der Waals surface area (Å²) in [6.07, 6.45) is 1.05. The lowest BCUT2D eigenvalue weighted by molar-refractivity contribution is 0.0635. The van der Waals surface area contributed by atoms with E-state index >= 15 is 0 Å². The molecule has 0 bridgehead atoms. The van der Waals surface area contributed by atoms with Crippen molar-refractivity contribution in [1.29, 1.82) is 0 Å². The van der Waals surface area contributed by atoms with Crippen molar-refractivity contribution >= 4 is 17.7 Å². The summed E-state index contributed by atoms with van der Waals surface area (Å²) in [7, 11) is 0. The van der Waals surface area contributed by atoms with Crippen molar-refractivity contribution < 1.29 is 13.9 Å². The Hall–Kier alpha value is -2.57. The smallest absolute Gasteiger partial charge is 0.413 e. The maximum atomic E-state index is 11.6. The molecule has 1 amide bonds. The van der Waals surface area contributed by atoms with Gasteiger partial charge in [-0.2, -0.15) is 0 Å². The highest BCUT2D eigenvalue weighted by atomic mass is 16.6. The SMILES string of the molecule is CC(C)(C)OC(=O)Nc1ccc(NCc2ccco2)nn1. The van der Waals surface area contributed by atoms with Crippen LogP contribution in [0.5, 0.6) is 0 Å². The molecule has 7 nitrogen and oxygen atoms in total. The predicted molar refractivity (Wildman–Crippen MR) is 77.9 cm³/mol. The van der Waals surface area contributed by atoms with Gasteiger partial charge in [-0.3, -0.25) is 5.32 Å². The Labute approximate surface area is 122 Å². The third kappa shape index (κ3) is 5.13. The van der Waals surface area contributed by atoms with E-state index in [-0.39, 0.29) is 0 Å². The molecule has 2 aromatic heterocycles. The molecule has 0 unspecified atom stereocenters. The summed E-state index contributed by atoms with van der Waals surface area (Å²) in [6.45, 7) is 5.89. The van der Waals surface area contributed by atoms with Crippen LogP contribution in [0.2, 0.25) is 0 Å². The van der Waals surface area contributed by atoms with Crippen molar-refractivity contribution in [2.75, 3.05) is 10.6 Å². The van der Waals surface area contributed by atoms with Crippen LogP contribution in [-0.2, 0) is 11.3 Å². The van der Waals surface area contributed by atoms with E-state index in [1.54, 1.807) is 39.2 Å². The van der Waals surface area contributed by atoms with Crippen molar-refractivity contribution in [3.63, 3.8) is 0 Å². The van der Waals surface area contributed by atoms with Crippen LogP contribution < -0.4 is 10.6 Å². The van der Waals surface area contributed by atoms with Crippen molar-refractivity contribution in [2.45, 2.75) is 32.9 Å². The number of carbonyl (C=O) groups excluding carboxylic acids is 1. The highest BCUT2D eigenvalue weighted by Crippen LogP contribution is 2.11. The molecule has 21 heavy (non-hydrogen) atoms. The van der Waals surface area contributed by atoms with Gasteiger partial charge in [0, 0.05) is 0 Å². The molecular weight excluding hydrogens is 272 g/mol. The second-order valence-electron chi connectivity index (χ2n) is 5.36. The van der Waals surface area contributed by atoms with Crippen LogP contribution in [0, 0.1) is 0 Å². The van der Waals surface area contributed by atoms with Crippen molar-refractivity contribution in [3.05, 3.63) is 36.3 Å². The molecule has 0 aromatic carbocycles. The number of furan rings is 1. The zero-order chi connectivity index (χ0) is 15.3. The summed E-state index contributed by atoms with van der Waals surface area (Å²) >= 11 is 0. The molecule has 0 aliphatic carbocycles. The number of aromatic nitrogens is 2. The van der Waals surface area contributed by atoms with Gasteiger partial charge in [-0.05, 0) is 45.0 Å².